The molecular formula is C21H26N2O4. The second-order valence-corrected chi connectivity index (χ2v) is 8.08. The molecule has 2 N–H and O–H groups in total. The van der Waals surface area contributed by atoms with Gasteiger partial charge in [0, 0.05) is 12.5 Å². The number of hydrogen-bond donors (Lipinski definition) is 2. The molecule has 1 aromatic carbocycles. The Labute approximate surface area is 158 Å². The van der Waals surface area contributed by atoms with Gasteiger partial charge in [-0.2, -0.15) is 0 Å². The number of nitrogens with zero attached hydrogens (tertiary/aromatic N) is 1. The van der Waals surface area contributed by atoms with Gasteiger partial charge in [0.25, 0.3) is 5.91 Å². The molecule has 1 aliphatic heterocycles. The summed E-state index contributed by atoms with van der Waals surface area (Å²) >= 11 is 0. The molecule has 1 amide bonds. The smallest absolute Gasteiger partial charge is 0.290 e. The van der Waals surface area contributed by atoms with Crippen LogP contribution >= 0.6 is 0 Å². The van der Waals surface area contributed by atoms with E-state index in [9.17, 15) is 9.90 Å². The monoisotopic (exact) mass is 370 g/mol. The summed E-state index contributed by atoms with van der Waals surface area (Å²) in [6.45, 7) is 4.91. The van der Waals surface area contributed by atoms with E-state index < -0.39 is 0 Å². The zero-order chi connectivity index (χ0) is 19.0. The third-order valence-corrected chi connectivity index (χ3v) is 5.38. The first-order chi connectivity index (χ1) is 13.0. The van der Waals surface area contributed by atoms with Crippen LogP contribution in [-0.2, 0) is 12.8 Å². The third-order valence-electron chi connectivity index (χ3n) is 5.38. The topological polar surface area (TPSA) is 84.6 Å². The fourth-order valence-corrected chi connectivity index (χ4v) is 3.92. The summed E-state index contributed by atoms with van der Waals surface area (Å²) in [6, 6.07) is 7.65. The molecule has 1 aliphatic carbocycles. The number of nitrogens with one attached hydrogen (secondary N) is 1. The Kier molecular flexibility index (Phi) is 4.91. The van der Waals surface area contributed by atoms with E-state index in [0.29, 0.717) is 25.4 Å². The highest BCUT2D eigenvalue weighted by Gasteiger charge is 2.36. The van der Waals surface area contributed by atoms with Crippen LogP contribution in [0, 0.1) is 11.8 Å². The van der Waals surface area contributed by atoms with Gasteiger partial charge in [-0.25, -0.2) is 0 Å². The van der Waals surface area contributed by atoms with Gasteiger partial charge in [0.15, 0.2) is 0 Å². The van der Waals surface area contributed by atoms with E-state index in [1.165, 1.54) is 5.56 Å². The number of hydrogen-bond acceptors (Lipinski definition) is 5. The number of aromatic nitrogens is 1. The minimum Gasteiger partial charge on any atom is -0.493 e. The van der Waals surface area contributed by atoms with Crippen molar-refractivity contribution < 1.29 is 19.2 Å². The Morgan fingerprint density at radius 1 is 1.33 bits per heavy atom. The maximum absolute atomic E-state index is 12.8. The molecule has 1 fully saturated rings. The van der Waals surface area contributed by atoms with Gasteiger partial charge in [-0.05, 0) is 54.4 Å². The summed E-state index contributed by atoms with van der Waals surface area (Å²) in [5, 5.41) is 16.9. The van der Waals surface area contributed by atoms with E-state index in [2.05, 4.69) is 30.4 Å². The Morgan fingerprint density at radius 2 is 2.15 bits per heavy atom. The molecule has 4 rings (SSSR count). The lowest BCUT2D eigenvalue weighted by Gasteiger charge is -2.38. The standard InChI is InChI=1S/C21H26N2O4/c1-12(2)7-16-11-19(27-23-16)21(25)22-20(15-9-17(24)10-15)14-3-4-18-13(8-14)5-6-26-18/h3-4,8,11-12,15,17,20,24H,5-7,9-10H2,1-2H3,(H,22,25). The number of ether oxygens (including phenoxy) is 1. The second-order valence-electron chi connectivity index (χ2n) is 8.08. The fourth-order valence-electron chi connectivity index (χ4n) is 3.92. The van der Waals surface area contributed by atoms with Gasteiger partial charge in [-0.3, -0.25) is 4.79 Å². The van der Waals surface area contributed by atoms with Crippen LogP contribution in [0.1, 0.15) is 60.1 Å². The van der Waals surface area contributed by atoms with E-state index in [4.69, 9.17) is 9.26 Å². The summed E-state index contributed by atoms with van der Waals surface area (Å²) in [5.41, 5.74) is 3.01. The number of fused-ring (bicyclic) bond motifs is 1. The van der Waals surface area contributed by atoms with Crippen molar-refractivity contribution in [2.45, 2.75) is 51.7 Å². The summed E-state index contributed by atoms with van der Waals surface area (Å²) in [5.74, 6) is 1.55. The van der Waals surface area contributed by atoms with Gasteiger partial charge in [-0.1, -0.05) is 25.1 Å². The molecule has 0 saturated heterocycles. The first-order valence-electron chi connectivity index (χ1n) is 9.69. The van der Waals surface area contributed by atoms with Gasteiger partial charge in [0.05, 0.1) is 24.4 Å². The maximum atomic E-state index is 12.8. The minimum atomic E-state index is -0.282. The van der Waals surface area contributed by atoms with Crippen LogP contribution in [0.3, 0.4) is 0 Å². The number of carbonyl (C=O) groups is 1. The SMILES string of the molecule is CC(C)Cc1cc(C(=O)NC(c2ccc3c(c2)CCO3)C2CC(O)C2)on1. The Morgan fingerprint density at radius 3 is 2.89 bits per heavy atom. The number of rotatable bonds is 6. The summed E-state index contributed by atoms with van der Waals surface area (Å²) in [6.07, 6.45) is 2.76. The molecule has 0 spiro atoms. The van der Waals surface area contributed by atoms with Gasteiger partial charge < -0.3 is 19.7 Å². The van der Waals surface area contributed by atoms with Crippen LogP contribution in [-0.4, -0.2) is 28.9 Å². The van der Waals surface area contributed by atoms with Crippen molar-refractivity contribution in [2.75, 3.05) is 6.61 Å². The fraction of sp³-hybridized carbons (Fsp3) is 0.524. The van der Waals surface area contributed by atoms with Crippen LogP contribution < -0.4 is 10.1 Å². The van der Waals surface area contributed by atoms with Crippen LogP contribution in [0.25, 0.3) is 0 Å². The molecule has 1 atom stereocenters. The molecule has 2 aromatic rings. The second kappa shape index (κ2) is 7.35. The predicted octanol–water partition coefficient (Wildman–Crippen LogP) is 3.05. The largest absolute Gasteiger partial charge is 0.493 e. The molecule has 27 heavy (non-hydrogen) atoms. The molecule has 2 heterocycles. The van der Waals surface area contributed by atoms with Crippen molar-refractivity contribution in [1.29, 1.82) is 0 Å². The Balaban J connectivity index is 1.53. The first kappa shape index (κ1) is 18.0. The number of carbonyl (C=O) groups excluding carboxylic acids is 1. The highest BCUT2D eigenvalue weighted by molar-refractivity contribution is 5.91. The maximum Gasteiger partial charge on any atom is 0.290 e. The predicted molar refractivity (Wildman–Crippen MR) is 99.6 cm³/mol. The highest BCUT2D eigenvalue weighted by Crippen LogP contribution is 2.40. The van der Waals surface area contributed by atoms with E-state index in [1.807, 2.05) is 12.1 Å². The van der Waals surface area contributed by atoms with Gasteiger partial charge >= 0.3 is 0 Å². The zero-order valence-electron chi connectivity index (χ0n) is 15.8. The zero-order valence-corrected chi connectivity index (χ0v) is 15.8. The lowest BCUT2D eigenvalue weighted by molar-refractivity contribution is 0.0231. The normalized spacial score (nSPS) is 22.1. The van der Waals surface area contributed by atoms with E-state index in [-0.39, 0.29) is 29.7 Å². The molecular weight excluding hydrogens is 344 g/mol. The lowest BCUT2D eigenvalue weighted by Crippen LogP contribution is -2.41. The molecule has 0 bridgehead atoms. The number of aliphatic hydroxyl groups is 1. The van der Waals surface area contributed by atoms with Crippen LogP contribution in [0.5, 0.6) is 5.75 Å². The van der Waals surface area contributed by atoms with Crippen molar-refractivity contribution in [2.24, 2.45) is 11.8 Å². The number of aliphatic hydroxyl groups excluding tert-OH is 1. The average molecular weight is 370 g/mol. The summed E-state index contributed by atoms with van der Waals surface area (Å²) < 4.78 is 10.8. The average Bonchev–Trinajstić information content (AvgIpc) is 3.25. The molecule has 6 nitrogen and oxygen atoms in total. The third kappa shape index (κ3) is 3.86. The molecule has 1 unspecified atom stereocenters. The van der Waals surface area contributed by atoms with Crippen LogP contribution in [0.4, 0.5) is 0 Å². The molecule has 1 aromatic heterocycles. The minimum absolute atomic E-state index is 0.162. The first-order valence-corrected chi connectivity index (χ1v) is 9.69. The van der Waals surface area contributed by atoms with Crippen molar-refractivity contribution >= 4 is 5.91 Å². The molecule has 6 heteroatoms. The van der Waals surface area contributed by atoms with Gasteiger partial charge in [-0.15, -0.1) is 0 Å². The Bertz CT molecular complexity index is 823. The highest BCUT2D eigenvalue weighted by atomic mass is 16.5. The van der Waals surface area contributed by atoms with Crippen LogP contribution in [0.15, 0.2) is 28.8 Å². The molecule has 144 valence electrons. The molecule has 2 aliphatic rings. The van der Waals surface area contributed by atoms with Crippen molar-refractivity contribution in [3.8, 4) is 5.75 Å². The van der Waals surface area contributed by atoms with E-state index in [0.717, 1.165) is 29.8 Å². The number of benzene rings is 1. The summed E-state index contributed by atoms with van der Waals surface area (Å²) in [7, 11) is 0. The van der Waals surface area contributed by atoms with Crippen molar-refractivity contribution in [3.63, 3.8) is 0 Å². The number of amides is 1. The van der Waals surface area contributed by atoms with E-state index >= 15 is 0 Å². The molecule has 0 radical (unpaired) electrons. The molecule has 1 saturated carbocycles. The van der Waals surface area contributed by atoms with E-state index in [1.54, 1.807) is 6.07 Å². The lowest BCUT2D eigenvalue weighted by atomic mass is 9.75. The van der Waals surface area contributed by atoms with Crippen LogP contribution in [0.2, 0.25) is 0 Å². The quantitative estimate of drug-likeness (QED) is 0.816. The Hall–Kier alpha value is -2.34. The van der Waals surface area contributed by atoms with Gasteiger partial charge in [0.1, 0.15) is 5.75 Å². The van der Waals surface area contributed by atoms with Crippen molar-refractivity contribution in [1.82, 2.24) is 10.5 Å². The van der Waals surface area contributed by atoms with Crippen molar-refractivity contribution in [3.05, 3.63) is 46.8 Å². The van der Waals surface area contributed by atoms with Gasteiger partial charge in [0.2, 0.25) is 5.76 Å². The summed E-state index contributed by atoms with van der Waals surface area (Å²) in [4.78, 5) is 12.8.